The normalized spacial score (nSPS) is 41.4. The first-order valence-electron chi connectivity index (χ1n) is 22.5. The van der Waals surface area contributed by atoms with Crippen LogP contribution in [0, 0.1) is 0 Å². The lowest BCUT2D eigenvalue weighted by atomic mass is 9.93. The number of carbonyl (C=O) groups excluding carboxylic acids is 3. The Labute approximate surface area is 444 Å². The van der Waals surface area contributed by atoms with Crippen molar-refractivity contribution in [3.63, 3.8) is 0 Å². The average molecular weight is 1220 g/mol. The van der Waals surface area contributed by atoms with E-state index in [1.165, 1.54) is 0 Å². The van der Waals surface area contributed by atoms with Gasteiger partial charge in [0.05, 0.1) is 19.8 Å². The number of carboxylic acid groups (broad SMARTS) is 2. The second-order valence-electron chi connectivity index (χ2n) is 17.7. The Hall–Kier alpha value is -3.76. The molecule has 5 aliphatic rings. The van der Waals surface area contributed by atoms with E-state index in [4.69, 9.17) is 46.8 Å². The van der Waals surface area contributed by atoms with Gasteiger partial charge in [0.2, 0.25) is 17.7 Å². The van der Waals surface area contributed by atoms with Crippen LogP contribution in [0.3, 0.4) is 0 Å². The van der Waals surface area contributed by atoms with Crippen LogP contribution < -0.4 is 16.0 Å². The van der Waals surface area contributed by atoms with Gasteiger partial charge in [0.1, 0.15) is 110 Å². The van der Waals surface area contributed by atoms with Crippen molar-refractivity contribution >= 4 is 60.9 Å². The number of nitrogens with one attached hydrogen (secondary N) is 3. The maximum atomic E-state index is 12.9. The molecule has 0 saturated carbocycles. The molecule has 5 fully saturated rings. The van der Waals surface area contributed by atoms with Gasteiger partial charge in [0.25, 0.3) is 0 Å². The van der Waals surface area contributed by atoms with Crippen molar-refractivity contribution in [1.29, 1.82) is 0 Å². The van der Waals surface area contributed by atoms with E-state index < -0.39 is 234 Å². The lowest BCUT2D eigenvalue weighted by Gasteiger charge is -2.50. The molecule has 40 nitrogen and oxygen atoms in total. The van der Waals surface area contributed by atoms with Crippen molar-refractivity contribution in [2.45, 2.75) is 174 Å². The van der Waals surface area contributed by atoms with Crippen LogP contribution in [0.1, 0.15) is 20.8 Å². The van der Waals surface area contributed by atoms with Crippen molar-refractivity contribution < 1.29 is 174 Å². The first kappa shape index (κ1) is 66.0. The third kappa shape index (κ3) is 16.5. The summed E-state index contributed by atoms with van der Waals surface area (Å²) >= 11 is 0. The van der Waals surface area contributed by atoms with E-state index in [2.05, 4.69) is 24.3 Å². The minimum absolute atomic E-state index is 0.756. The first-order chi connectivity index (χ1) is 36.5. The molecule has 3 amide bonds. The predicted molar refractivity (Wildman–Crippen MR) is 234 cm³/mol. The van der Waals surface area contributed by atoms with E-state index in [1.54, 1.807) is 0 Å². The van der Waals surface area contributed by atoms with Gasteiger partial charge >= 0.3 is 43.1 Å². The van der Waals surface area contributed by atoms with Gasteiger partial charge in [-0.1, -0.05) is 0 Å². The summed E-state index contributed by atoms with van der Waals surface area (Å²) < 4.78 is 163. The molecule has 17 N–H and O–H groups in total. The third-order valence-electron chi connectivity index (χ3n) is 12.1. The van der Waals surface area contributed by atoms with Crippen LogP contribution in [0.15, 0.2) is 0 Å². The lowest BCUT2D eigenvalue weighted by Crippen LogP contribution is -2.71. The number of carboxylic acids is 2. The molecule has 0 aromatic carbocycles. The zero-order valence-electron chi connectivity index (χ0n) is 40.4. The van der Waals surface area contributed by atoms with Gasteiger partial charge in [0.15, 0.2) is 43.7 Å². The molecule has 2 unspecified atom stereocenters. The maximum Gasteiger partial charge on any atom is 0.397 e. The molecule has 0 aromatic heterocycles. The fourth-order valence-electron chi connectivity index (χ4n) is 8.90. The van der Waals surface area contributed by atoms with Crippen molar-refractivity contribution in [1.82, 2.24) is 16.0 Å². The topological polar surface area (TPSA) is 618 Å². The molecule has 43 heteroatoms. The Kier molecular flexibility index (Phi) is 22.3. The van der Waals surface area contributed by atoms with Gasteiger partial charge in [-0.25, -0.2) is 22.1 Å². The Morgan fingerprint density at radius 2 is 0.722 bits per heavy atom. The maximum absolute atomic E-state index is 12.9. The second-order valence-corrected chi connectivity index (χ2v) is 20.9. The second kappa shape index (κ2) is 26.7. The van der Waals surface area contributed by atoms with E-state index >= 15 is 0 Å². The van der Waals surface area contributed by atoms with E-state index in [0.717, 1.165) is 20.8 Å². The molecule has 0 radical (unpaired) electrons. The fourth-order valence-corrected chi connectivity index (χ4v) is 10.4. The van der Waals surface area contributed by atoms with Gasteiger partial charge in [-0.05, 0) is 0 Å². The summed E-state index contributed by atoms with van der Waals surface area (Å²) in [5.74, 6) is -7.42. The number of hydrogen-bond acceptors (Lipinski definition) is 32. The molecule has 0 aromatic rings. The molecule has 5 saturated heterocycles. The molecular formula is C36H57N3O37S3. The molecule has 25 atom stereocenters. The zero-order chi connectivity index (χ0) is 59.5. The number of aliphatic hydroxyl groups is 9. The molecule has 5 aliphatic heterocycles. The van der Waals surface area contributed by atoms with Gasteiger partial charge < -0.3 is 115 Å². The molecule has 456 valence electrons. The number of rotatable bonds is 22. The predicted octanol–water partition coefficient (Wildman–Crippen LogP) is -11.8. The summed E-state index contributed by atoms with van der Waals surface area (Å²) in [7, 11) is -16.7. The van der Waals surface area contributed by atoms with Crippen molar-refractivity contribution in [2.24, 2.45) is 0 Å². The van der Waals surface area contributed by atoms with Crippen LogP contribution in [-0.2, 0) is 110 Å². The zero-order valence-corrected chi connectivity index (χ0v) is 42.9. The van der Waals surface area contributed by atoms with Gasteiger partial charge in [0, 0.05) is 20.8 Å². The van der Waals surface area contributed by atoms with Crippen LogP contribution in [0.4, 0.5) is 0 Å². The van der Waals surface area contributed by atoms with E-state index in [0.29, 0.717) is 0 Å². The molecule has 0 spiro atoms. The van der Waals surface area contributed by atoms with E-state index in [9.17, 15) is 119 Å². The summed E-state index contributed by atoms with van der Waals surface area (Å²) in [4.78, 5) is 62.8. The van der Waals surface area contributed by atoms with Crippen molar-refractivity contribution in [2.75, 3.05) is 19.8 Å². The van der Waals surface area contributed by atoms with Gasteiger partial charge in [-0.15, -0.1) is 0 Å². The highest BCUT2D eigenvalue weighted by Gasteiger charge is 2.60. The molecule has 5 heterocycles. The van der Waals surface area contributed by atoms with Gasteiger partial charge in [-0.2, -0.15) is 25.3 Å². The van der Waals surface area contributed by atoms with Crippen LogP contribution in [0.25, 0.3) is 0 Å². The minimum atomic E-state index is -5.77. The highest BCUT2D eigenvalue weighted by atomic mass is 32.3. The molecule has 5 rings (SSSR count). The van der Waals surface area contributed by atoms with E-state index in [-0.39, 0.29) is 0 Å². The Morgan fingerprint density at radius 1 is 0.405 bits per heavy atom. The van der Waals surface area contributed by atoms with Crippen molar-refractivity contribution in [3.05, 3.63) is 0 Å². The molecule has 79 heavy (non-hydrogen) atoms. The first-order valence-corrected chi connectivity index (χ1v) is 26.6. The third-order valence-corrected chi connectivity index (χ3v) is 13.5. The Morgan fingerprint density at radius 3 is 1.09 bits per heavy atom. The molecule has 0 bridgehead atoms. The smallest absolute Gasteiger partial charge is 0.397 e. The Bertz CT molecular complexity index is 2500. The molecule has 0 aliphatic carbocycles. The summed E-state index contributed by atoms with van der Waals surface area (Å²) in [6, 6.07) is -6.31. The number of hydrogen-bond donors (Lipinski definition) is 17. The summed E-state index contributed by atoms with van der Waals surface area (Å²) in [5.41, 5.74) is 0. The minimum Gasteiger partial charge on any atom is -0.479 e. The Balaban J connectivity index is 1.50. The number of aliphatic carboxylic acids is 2. The van der Waals surface area contributed by atoms with Gasteiger partial charge in [-0.3, -0.25) is 28.0 Å². The summed E-state index contributed by atoms with van der Waals surface area (Å²) in [6.07, 6.45) is -53.3. The summed E-state index contributed by atoms with van der Waals surface area (Å²) in [6.45, 7) is -1.41. The largest absolute Gasteiger partial charge is 0.479 e. The van der Waals surface area contributed by atoms with Crippen LogP contribution in [-0.4, -0.2) is 298 Å². The number of amides is 3. The van der Waals surface area contributed by atoms with Crippen LogP contribution in [0.5, 0.6) is 0 Å². The van der Waals surface area contributed by atoms with Crippen LogP contribution in [0.2, 0.25) is 0 Å². The highest BCUT2D eigenvalue weighted by Crippen LogP contribution is 2.38. The van der Waals surface area contributed by atoms with Crippen LogP contribution >= 0.6 is 0 Å². The van der Waals surface area contributed by atoms with E-state index in [1.807, 2.05) is 0 Å². The SMILES string of the molecule is CC(=O)N[C@H]1[C@H](O[C@H]2[C@H](O)[C@@H](O)[C@H](O[C@H]3[C@@H](OS(=O)(=O)O)[C@@H](CO)OC(O)[C@@H]3NC(C)=O)O[C@@H]2C(=O)O)O[C@H](CO)[C@H](OS(=O)(=O)O)[C@@H]1O[C@@H]1O[C@H](C(=O)O)[C@@H](O[C@@H]2O[C@H](CO)[C@H](OS(=O)(=O)O)C(O)[C@H]2NC(C)=O)[C@H](O)[C@H]1O. The quantitative estimate of drug-likeness (QED) is 0.0448. The lowest BCUT2D eigenvalue weighted by molar-refractivity contribution is -0.372. The summed E-state index contributed by atoms with van der Waals surface area (Å²) in [5, 5.41) is 125. The number of carbonyl (C=O) groups is 5. The number of aliphatic hydroxyl groups excluding tert-OH is 9. The molecular weight excluding hydrogens is 1160 g/mol. The van der Waals surface area contributed by atoms with Crippen molar-refractivity contribution in [3.8, 4) is 0 Å². The fraction of sp³-hybridized carbons (Fsp3) is 0.861. The average Bonchev–Trinajstić information content (AvgIpc) is 3.32. The number of ether oxygens (including phenoxy) is 9. The standard InChI is InChI=1S/C36H57N3O37S3/c1-7(43)37-13-16(46)21(74-77(56,57)58)10(4-40)66-33(13)70-26-17(47)20(50)36(73-28(26)30(51)52)69-25-15(39-9(3)45)34(67-12(6-42)23(25)76-79(62,63)64)71-27-18(48)19(49)35(72-29(27)31(53)54)68-24-14(38-8(2)44)32(55)65-11(5-41)22(24)75-78(59,60)61/h10-29,32-36,40-42,46-50,55H,4-6H2,1-3H3,(H,37,43)(H,38,44)(H,39,45)(H,51,52)(H,53,54)(H,56,57,58)(H,59,60,61)(H,62,63,64)/t10-,11-,12-,13-,14-,15-,16?,17-,18-,19-,20-,21+,22+,23+,24-,25-,26+,27+,28+,29+,32?,33+,34+,35-,36-/m1/s1. The monoisotopic (exact) mass is 1220 g/mol. The highest BCUT2D eigenvalue weighted by molar-refractivity contribution is 7.81.